The molecule has 33 heavy (non-hydrogen) atoms. The molecule has 0 saturated carbocycles. The molecule has 4 N–H and O–H groups in total. The monoisotopic (exact) mass is 493 g/mol. The molecule has 0 aliphatic carbocycles. The van der Waals surface area contributed by atoms with Gasteiger partial charge in [0.1, 0.15) is 36.1 Å². The van der Waals surface area contributed by atoms with Gasteiger partial charge in [-0.05, 0) is 32.1 Å². The van der Waals surface area contributed by atoms with Crippen LogP contribution in [0.4, 0.5) is 0 Å². The number of phenolic OH excluding ortho intramolecular Hbond substituents is 2. The fraction of sp³-hybridized carbons (Fsp3) is 0.286. The first-order valence-corrected chi connectivity index (χ1v) is 12.0. The van der Waals surface area contributed by atoms with Crippen LogP contribution in [0.2, 0.25) is 5.02 Å². The highest BCUT2D eigenvalue weighted by atomic mass is 35.5. The van der Waals surface area contributed by atoms with Crippen LogP contribution in [0.5, 0.6) is 11.5 Å². The van der Waals surface area contributed by atoms with Gasteiger partial charge in [-0.1, -0.05) is 23.7 Å². The van der Waals surface area contributed by atoms with Crippen LogP contribution in [0, 0.1) is 0 Å². The normalized spacial score (nSPS) is 22.0. The Kier molecular flexibility index (Phi) is 6.11. The van der Waals surface area contributed by atoms with E-state index in [0.29, 0.717) is 23.6 Å². The lowest BCUT2D eigenvalue weighted by Gasteiger charge is -2.45. The molecule has 174 valence electrons. The van der Waals surface area contributed by atoms with E-state index in [4.69, 9.17) is 20.5 Å². The van der Waals surface area contributed by atoms with Gasteiger partial charge in [0.15, 0.2) is 5.43 Å². The Hall–Kier alpha value is -2.33. The van der Waals surface area contributed by atoms with Crippen molar-refractivity contribution in [1.29, 1.82) is 0 Å². The number of phosphoric ester groups is 1. The predicted molar refractivity (Wildman–Crippen MR) is 126 cm³/mol. The molecule has 1 saturated heterocycles. The number of likely N-dealkylation sites (N-methyl/N-ethyl adjacent to an activating group) is 1. The number of hydrogen-bond acceptors (Lipinski definition) is 7. The van der Waals surface area contributed by atoms with E-state index >= 15 is 0 Å². The van der Waals surface area contributed by atoms with Crippen LogP contribution in [-0.4, -0.2) is 59.0 Å². The lowest BCUT2D eigenvalue weighted by atomic mass is 9.56. The number of fused-ring (bicyclic) bond motifs is 1. The molecule has 1 aliphatic heterocycles. The summed E-state index contributed by atoms with van der Waals surface area (Å²) in [6.45, 7) is 0.672. The Labute approximate surface area is 194 Å². The van der Waals surface area contributed by atoms with Crippen molar-refractivity contribution in [3.8, 4) is 22.8 Å². The van der Waals surface area contributed by atoms with Crippen LogP contribution in [-0.2, 0) is 14.4 Å². The number of hydrogen-bond donors (Lipinski definition) is 4. The summed E-state index contributed by atoms with van der Waals surface area (Å²) in [5.41, 5.74) is -0.105. The number of piperidine rings is 1. The summed E-state index contributed by atoms with van der Waals surface area (Å²) in [6.07, 6.45) is -0.730. The number of rotatable bonds is 4. The van der Waals surface area contributed by atoms with E-state index in [1.54, 1.807) is 39.2 Å². The maximum absolute atomic E-state index is 13.0. The largest absolute Gasteiger partial charge is 0.507 e. The third kappa shape index (κ3) is 4.42. The first kappa shape index (κ1) is 23.8. The molecule has 2 heterocycles. The summed E-state index contributed by atoms with van der Waals surface area (Å²) < 4.78 is 22.9. The molecular formula is C21H22BClNO8P. The Morgan fingerprint density at radius 1 is 1.24 bits per heavy atom. The standard InChI is InChI=1S/C21H22BClNO8P/c1-24-7-6-21(22,17(10-24)32-33(28,29)30)19-15(27)8-13(25)18-14(26)9-16(31-20(18)19)11-4-2-3-5-12(11)23/h2-5,8-9,17,25,27H,6-7,10,22H2,1H3,(H2,28,29,30). The Bertz CT molecular complexity index is 1340. The quantitative estimate of drug-likeness (QED) is 0.318. The molecule has 12 heteroatoms. The maximum Gasteiger partial charge on any atom is 0.469 e. The second-order valence-electron chi connectivity index (χ2n) is 8.46. The van der Waals surface area contributed by atoms with Crippen molar-refractivity contribution in [3.05, 3.63) is 57.2 Å². The Balaban J connectivity index is 2.03. The molecule has 9 nitrogen and oxygen atoms in total. The molecule has 1 aliphatic rings. The second kappa shape index (κ2) is 8.47. The van der Waals surface area contributed by atoms with Crippen molar-refractivity contribution in [2.45, 2.75) is 17.8 Å². The van der Waals surface area contributed by atoms with Gasteiger partial charge in [0.05, 0.1) is 11.1 Å². The van der Waals surface area contributed by atoms with Crippen molar-refractivity contribution < 1.29 is 33.5 Å². The molecule has 0 amide bonds. The van der Waals surface area contributed by atoms with Gasteiger partial charge in [-0.15, -0.1) is 0 Å². The van der Waals surface area contributed by atoms with E-state index < -0.39 is 30.4 Å². The third-order valence-electron chi connectivity index (χ3n) is 6.14. The molecule has 1 fully saturated rings. The summed E-state index contributed by atoms with van der Waals surface area (Å²) in [5.74, 6) is -0.742. The fourth-order valence-corrected chi connectivity index (χ4v) is 5.27. The number of aromatic hydroxyl groups is 2. The summed E-state index contributed by atoms with van der Waals surface area (Å²) in [6, 6.07) is 8.95. The van der Waals surface area contributed by atoms with Crippen LogP contribution in [0.3, 0.4) is 0 Å². The van der Waals surface area contributed by atoms with E-state index in [0.717, 1.165) is 6.07 Å². The van der Waals surface area contributed by atoms with E-state index in [9.17, 15) is 29.4 Å². The molecular weight excluding hydrogens is 471 g/mol. The lowest BCUT2D eigenvalue weighted by Crippen LogP contribution is -2.53. The zero-order chi connectivity index (χ0) is 24.1. The molecule has 3 aromatic rings. The molecule has 4 rings (SSSR count). The zero-order valence-electron chi connectivity index (χ0n) is 17.9. The smallest absolute Gasteiger partial charge is 0.469 e. The van der Waals surface area contributed by atoms with Gasteiger partial charge in [0.25, 0.3) is 0 Å². The van der Waals surface area contributed by atoms with Crippen molar-refractivity contribution >= 4 is 38.2 Å². The number of nitrogens with zero attached hydrogens (tertiary/aromatic N) is 1. The van der Waals surface area contributed by atoms with Gasteiger partial charge in [0, 0.05) is 35.1 Å². The summed E-state index contributed by atoms with van der Waals surface area (Å²) in [7, 11) is -1.43. The first-order valence-electron chi connectivity index (χ1n) is 10.1. The first-order chi connectivity index (χ1) is 15.4. The fourth-order valence-electron chi connectivity index (χ4n) is 4.41. The van der Waals surface area contributed by atoms with Gasteiger partial charge >= 0.3 is 7.82 Å². The average molecular weight is 494 g/mol. The Morgan fingerprint density at radius 2 is 1.94 bits per heavy atom. The SMILES string of the molecule is BC1(c2c(O)cc(O)c3c(=O)cc(-c4ccccc4Cl)oc23)CCN(C)CC1OP(=O)(O)O. The molecule has 1 aromatic heterocycles. The van der Waals surface area contributed by atoms with E-state index in [1.165, 1.54) is 6.07 Å². The van der Waals surface area contributed by atoms with Crippen LogP contribution >= 0.6 is 19.4 Å². The van der Waals surface area contributed by atoms with Crippen molar-refractivity contribution in [2.75, 3.05) is 20.1 Å². The highest BCUT2D eigenvalue weighted by Crippen LogP contribution is 2.49. The number of likely N-dealkylation sites (tertiary alicyclic amines) is 1. The molecule has 0 spiro atoms. The van der Waals surface area contributed by atoms with Gasteiger partial charge in [-0.25, -0.2) is 4.57 Å². The van der Waals surface area contributed by atoms with Crippen LogP contribution in [0.1, 0.15) is 12.0 Å². The molecule has 0 radical (unpaired) electrons. The number of benzene rings is 2. The molecule has 2 unspecified atom stereocenters. The zero-order valence-corrected chi connectivity index (χ0v) is 19.5. The van der Waals surface area contributed by atoms with E-state index in [2.05, 4.69) is 0 Å². The van der Waals surface area contributed by atoms with Crippen LogP contribution in [0.15, 0.2) is 45.6 Å². The van der Waals surface area contributed by atoms with Crippen LogP contribution < -0.4 is 5.43 Å². The predicted octanol–water partition coefficient (Wildman–Crippen LogP) is 2.17. The second-order valence-corrected chi connectivity index (χ2v) is 10.1. The highest BCUT2D eigenvalue weighted by Gasteiger charge is 2.47. The van der Waals surface area contributed by atoms with Crippen LogP contribution in [0.25, 0.3) is 22.3 Å². The minimum atomic E-state index is -4.89. The summed E-state index contributed by atoms with van der Waals surface area (Å²) in [5, 5.41) is 20.3. The van der Waals surface area contributed by atoms with Crippen molar-refractivity contribution in [2.24, 2.45) is 0 Å². The number of halogens is 1. The lowest BCUT2D eigenvalue weighted by molar-refractivity contribution is 0.0388. The van der Waals surface area contributed by atoms with Crippen molar-refractivity contribution in [3.63, 3.8) is 0 Å². The number of phenols is 2. The Morgan fingerprint density at radius 3 is 2.61 bits per heavy atom. The van der Waals surface area contributed by atoms with Gasteiger partial charge < -0.3 is 29.3 Å². The van der Waals surface area contributed by atoms with Crippen molar-refractivity contribution in [1.82, 2.24) is 4.90 Å². The topological polar surface area (TPSA) is 141 Å². The third-order valence-corrected chi connectivity index (χ3v) is 7.00. The summed E-state index contributed by atoms with van der Waals surface area (Å²) >= 11 is 6.28. The molecule has 0 bridgehead atoms. The van der Waals surface area contributed by atoms with Gasteiger partial charge in [0.2, 0.25) is 0 Å². The van der Waals surface area contributed by atoms with E-state index in [1.807, 2.05) is 4.90 Å². The highest BCUT2D eigenvalue weighted by molar-refractivity contribution is 7.46. The average Bonchev–Trinajstić information content (AvgIpc) is 2.69. The van der Waals surface area contributed by atoms with E-state index in [-0.39, 0.29) is 34.6 Å². The molecule has 2 aromatic carbocycles. The number of phosphoric acid groups is 1. The summed E-state index contributed by atoms with van der Waals surface area (Å²) in [4.78, 5) is 33.9. The molecule has 2 atom stereocenters. The van der Waals surface area contributed by atoms with Gasteiger partial charge in [-0.2, -0.15) is 0 Å². The maximum atomic E-state index is 13.0. The van der Waals surface area contributed by atoms with Gasteiger partial charge in [-0.3, -0.25) is 9.32 Å². The minimum Gasteiger partial charge on any atom is -0.507 e. The minimum absolute atomic E-state index is 0.0960.